The van der Waals surface area contributed by atoms with Gasteiger partial charge in [0.2, 0.25) is 0 Å². The van der Waals surface area contributed by atoms with Crippen LogP contribution < -0.4 is 0 Å². The van der Waals surface area contributed by atoms with E-state index in [0.717, 1.165) is 0 Å². The normalized spacial score (nSPS) is 17.1. The quantitative estimate of drug-likeness (QED) is 0.396. The predicted octanol–water partition coefficient (Wildman–Crippen LogP) is 3.08. The molecule has 2 N–H and O–H groups in total. The topological polar surface area (TPSA) is 83.8 Å². The molecule has 0 saturated heterocycles. The lowest BCUT2D eigenvalue weighted by Crippen LogP contribution is -2.31. The number of ether oxygens (including phenoxy) is 1. The summed E-state index contributed by atoms with van der Waals surface area (Å²) in [7, 11) is 0. The van der Waals surface area contributed by atoms with Gasteiger partial charge in [0.15, 0.2) is 11.6 Å². The minimum absolute atomic E-state index is 0.352. The molecule has 1 aliphatic rings. The highest BCUT2D eigenvalue weighted by atomic mass is 16.5. The van der Waals surface area contributed by atoms with Crippen LogP contribution in [0.25, 0.3) is 0 Å². The summed E-state index contributed by atoms with van der Waals surface area (Å²) >= 11 is 0. The van der Waals surface area contributed by atoms with Gasteiger partial charge in [-0.15, -0.1) is 0 Å². The van der Waals surface area contributed by atoms with E-state index in [1.165, 1.54) is 27.0 Å². The molecule has 5 heteroatoms. The summed E-state index contributed by atoms with van der Waals surface area (Å²) in [4.78, 5) is 23.9. The molecule has 0 fully saturated rings. The predicted molar refractivity (Wildman–Crippen MR) is 101 cm³/mol. The highest BCUT2D eigenvalue weighted by Gasteiger charge is 2.26. The Balaban J connectivity index is 2.75. The van der Waals surface area contributed by atoms with Gasteiger partial charge in [-0.25, -0.2) is 0 Å². The molecule has 0 aromatic rings. The van der Waals surface area contributed by atoms with Crippen LogP contribution in [-0.2, 0) is 14.3 Å². The number of rotatable bonds is 8. The van der Waals surface area contributed by atoms with Crippen molar-refractivity contribution in [3.63, 3.8) is 0 Å². The minimum Gasteiger partial charge on any atom is -0.465 e. The van der Waals surface area contributed by atoms with Gasteiger partial charge in [-0.3, -0.25) is 9.59 Å². The SMILES string of the molecule is C\C=C/C(=C\C=C\OC1=CCC=C(C(=O)C(C)(C)O)C=C1)C(=O)C(C)O. The molecule has 0 amide bonds. The summed E-state index contributed by atoms with van der Waals surface area (Å²) in [5.41, 5.74) is -0.632. The summed E-state index contributed by atoms with van der Waals surface area (Å²) < 4.78 is 5.49. The summed E-state index contributed by atoms with van der Waals surface area (Å²) in [6, 6.07) is 0. The highest BCUT2D eigenvalue weighted by molar-refractivity contribution is 6.03. The van der Waals surface area contributed by atoms with E-state index in [1.807, 2.05) is 0 Å². The zero-order valence-electron chi connectivity index (χ0n) is 15.6. The van der Waals surface area contributed by atoms with Gasteiger partial charge >= 0.3 is 0 Å². The standard InChI is InChI=1S/C21H26O5/c1-5-8-16(19(23)15(2)22)10-7-14-26-18-11-6-9-17(12-13-18)20(24)21(3,4)25/h5,7-15,22,25H,6H2,1-4H3/b8-5-,14-7+,16-10+. The van der Waals surface area contributed by atoms with Crippen LogP contribution in [0.3, 0.4) is 0 Å². The average Bonchev–Trinajstić information content (AvgIpc) is 2.81. The molecule has 140 valence electrons. The van der Waals surface area contributed by atoms with Crippen molar-refractivity contribution in [3.05, 3.63) is 71.8 Å². The molecule has 26 heavy (non-hydrogen) atoms. The second-order valence-corrected chi connectivity index (χ2v) is 6.33. The first kappa shape index (κ1) is 21.5. The minimum atomic E-state index is -1.42. The molecule has 0 aromatic carbocycles. The van der Waals surface area contributed by atoms with Crippen molar-refractivity contribution in [2.24, 2.45) is 0 Å². The summed E-state index contributed by atoms with van der Waals surface area (Å²) in [5, 5.41) is 19.2. The van der Waals surface area contributed by atoms with Gasteiger partial charge in [0.25, 0.3) is 0 Å². The van der Waals surface area contributed by atoms with E-state index in [-0.39, 0.29) is 11.6 Å². The monoisotopic (exact) mass is 358 g/mol. The molecular formula is C21H26O5. The second-order valence-electron chi connectivity index (χ2n) is 6.33. The molecule has 1 rings (SSSR count). The summed E-state index contributed by atoms with van der Waals surface area (Å²) in [6.07, 6.45) is 14.0. The molecular weight excluding hydrogens is 332 g/mol. The van der Waals surface area contributed by atoms with E-state index in [4.69, 9.17) is 4.74 Å². The van der Waals surface area contributed by atoms with Crippen molar-refractivity contribution in [3.8, 4) is 0 Å². The van der Waals surface area contributed by atoms with Gasteiger partial charge in [-0.2, -0.15) is 0 Å². The Morgan fingerprint density at radius 3 is 2.54 bits per heavy atom. The average molecular weight is 358 g/mol. The lowest BCUT2D eigenvalue weighted by Gasteiger charge is -2.15. The molecule has 0 spiro atoms. The Morgan fingerprint density at radius 2 is 1.96 bits per heavy atom. The second kappa shape index (κ2) is 9.85. The number of hydrogen-bond acceptors (Lipinski definition) is 5. The first-order valence-electron chi connectivity index (χ1n) is 8.41. The molecule has 1 aliphatic carbocycles. The molecule has 0 bridgehead atoms. The fourth-order valence-corrected chi connectivity index (χ4v) is 2.12. The van der Waals surface area contributed by atoms with Crippen LogP contribution in [-0.4, -0.2) is 33.5 Å². The third-order valence-electron chi connectivity index (χ3n) is 3.47. The smallest absolute Gasteiger partial charge is 0.193 e. The van der Waals surface area contributed by atoms with Gasteiger partial charge in [0.05, 0.1) is 6.26 Å². The number of carbonyl (C=O) groups is 2. The summed E-state index contributed by atoms with van der Waals surface area (Å²) in [6.45, 7) is 6.10. The van der Waals surface area contributed by atoms with Gasteiger partial charge < -0.3 is 14.9 Å². The third-order valence-corrected chi connectivity index (χ3v) is 3.47. The number of aliphatic hydroxyl groups excluding tert-OH is 1. The number of ketones is 2. The van der Waals surface area contributed by atoms with Crippen molar-refractivity contribution in [2.75, 3.05) is 0 Å². The zero-order valence-corrected chi connectivity index (χ0v) is 15.6. The van der Waals surface area contributed by atoms with E-state index in [0.29, 0.717) is 23.3 Å². The van der Waals surface area contributed by atoms with Crippen LogP contribution in [0.2, 0.25) is 0 Å². The lowest BCUT2D eigenvalue weighted by molar-refractivity contribution is -0.129. The lowest BCUT2D eigenvalue weighted by atomic mass is 9.96. The van der Waals surface area contributed by atoms with Gasteiger partial charge in [-0.1, -0.05) is 18.2 Å². The number of aliphatic hydroxyl groups is 2. The van der Waals surface area contributed by atoms with E-state index in [2.05, 4.69) is 0 Å². The highest BCUT2D eigenvalue weighted by Crippen LogP contribution is 2.18. The van der Waals surface area contributed by atoms with Crippen LogP contribution in [0.1, 0.15) is 34.1 Å². The molecule has 1 atom stereocenters. The van der Waals surface area contributed by atoms with Gasteiger partial charge in [0.1, 0.15) is 17.5 Å². The maximum absolute atomic E-state index is 12.1. The van der Waals surface area contributed by atoms with E-state index < -0.39 is 11.7 Å². The van der Waals surface area contributed by atoms with Crippen LogP contribution >= 0.6 is 0 Å². The zero-order chi connectivity index (χ0) is 19.7. The van der Waals surface area contributed by atoms with Gasteiger partial charge in [0, 0.05) is 11.1 Å². The van der Waals surface area contributed by atoms with E-state index in [1.54, 1.807) is 55.5 Å². The fraction of sp³-hybridized carbons (Fsp3) is 0.333. The third kappa shape index (κ3) is 6.78. The largest absolute Gasteiger partial charge is 0.465 e. The molecule has 1 unspecified atom stereocenters. The Bertz CT molecular complexity index is 707. The van der Waals surface area contributed by atoms with E-state index in [9.17, 15) is 19.8 Å². The first-order chi connectivity index (χ1) is 12.2. The fourth-order valence-electron chi connectivity index (χ4n) is 2.12. The van der Waals surface area contributed by atoms with Crippen molar-refractivity contribution in [2.45, 2.75) is 45.8 Å². The number of allylic oxidation sites excluding steroid dienone is 8. The van der Waals surface area contributed by atoms with Crippen LogP contribution in [0, 0.1) is 0 Å². The Labute approximate surface area is 154 Å². The van der Waals surface area contributed by atoms with Crippen LogP contribution in [0.4, 0.5) is 0 Å². The number of hydrogen-bond donors (Lipinski definition) is 2. The van der Waals surface area contributed by atoms with Crippen molar-refractivity contribution >= 4 is 11.6 Å². The summed E-state index contributed by atoms with van der Waals surface area (Å²) in [5.74, 6) is -0.186. The van der Waals surface area contributed by atoms with Crippen molar-refractivity contribution in [1.82, 2.24) is 0 Å². The first-order valence-corrected chi connectivity index (χ1v) is 8.41. The Morgan fingerprint density at radius 1 is 1.27 bits per heavy atom. The Hall–Kier alpha value is -2.50. The van der Waals surface area contributed by atoms with Crippen molar-refractivity contribution in [1.29, 1.82) is 0 Å². The maximum atomic E-state index is 12.1. The van der Waals surface area contributed by atoms with E-state index >= 15 is 0 Å². The Kier molecular flexibility index (Phi) is 8.16. The molecule has 0 aromatic heterocycles. The van der Waals surface area contributed by atoms with Crippen LogP contribution in [0.15, 0.2) is 71.8 Å². The number of carbonyl (C=O) groups excluding carboxylic acids is 2. The molecule has 0 heterocycles. The molecule has 0 aliphatic heterocycles. The van der Waals surface area contributed by atoms with Crippen LogP contribution in [0.5, 0.6) is 0 Å². The molecule has 0 saturated carbocycles. The molecule has 0 radical (unpaired) electrons. The molecule has 5 nitrogen and oxygen atoms in total. The number of Topliss-reactive ketones (excluding diaryl/α,β-unsaturated/α-hetero) is 2. The van der Waals surface area contributed by atoms with Crippen molar-refractivity contribution < 1.29 is 24.5 Å². The van der Waals surface area contributed by atoms with Gasteiger partial charge in [-0.05, 0) is 64.5 Å². The maximum Gasteiger partial charge on any atom is 0.193 e.